The van der Waals surface area contributed by atoms with E-state index in [9.17, 15) is 0 Å². The lowest BCUT2D eigenvalue weighted by Crippen LogP contribution is -1.93. The van der Waals surface area contributed by atoms with E-state index in [0.717, 1.165) is 16.4 Å². The van der Waals surface area contributed by atoms with Crippen LogP contribution in [0.3, 0.4) is 0 Å². The van der Waals surface area contributed by atoms with Crippen molar-refractivity contribution >= 4 is 11.8 Å². The number of hydrogen-bond donors (Lipinski definition) is 0. The molecule has 0 aromatic carbocycles. The first-order valence-electron chi connectivity index (χ1n) is 5.03. The molecule has 0 aliphatic rings. The molecule has 4 nitrogen and oxygen atoms in total. The maximum atomic E-state index is 8.67. The predicted octanol–water partition coefficient (Wildman–Crippen LogP) is 2.51. The van der Waals surface area contributed by atoms with E-state index >= 15 is 0 Å². The van der Waals surface area contributed by atoms with Gasteiger partial charge in [0.1, 0.15) is 11.1 Å². The molecule has 84 valence electrons. The molecule has 0 spiro atoms. The highest BCUT2D eigenvalue weighted by Gasteiger charge is 2.03. The molecule has 2 aromatic heterocycles. The first kappa shape index (κ1) is 11.6. The summed E-state index contributed by atoms with van der Waals surface area (Å²) < 4.78 is 0. The zero-order valence-electron chi connectivity index (χ0n) is 9.51. The third-order valence-electron chi connectivity index (χ3n) is 2.02. The largest absolute Gasteiger partial charge is 0.248 e. The molecule has 0 fully saturated rings. The van der Waals surface area contributed by atoms with Gasteiger partial charge in [0, 0.05) is 17.6 Å². The molecule has 0 saturated heterocycles. The topological polar surface area (TPSA) is 62.5 Å². The van der Waals surface area contributed by atoms with Crippen molar-refractivity contribution in [2.45, 2.75) is 24.0 Å². The average molecular weight is 242 g/mol. The molecule has 0 unspecified atom stereocenters. The Balaban J connectivity index is 2.22. The second kappa shape index (κ2) is 4.93. The van der Waals surface area contributed by atoms with Gasteiger partial charge in [-0.15, -0.1) is 0 Å². The van der Waals surface area contributed by atoms with Crippen LogP contribution in [0.1, 0.15) is 17.0 Å². The fraction of sp³-hybridized carbons (Fsp3) is 0.167. The van der Waals surface area contributed by atoms with E-state index in [1.165, 1.54) is 11.8 Å². The molecule has 5 heteroatoms. The molecule has 2 rings (SSSR count). The number of nitrogens with zero attached hydrogens (tertiary/aromatic N) is 4. The fourth-order valence-electron chi connectivity index (χ4n) is 1.34. The Bertz CT molecular complexity index is 552. The second-order valence-electron chi connectivity index (χ2n) is 3.53. The first-order valence-corrected chi connectivity index (χ1v) is 5.85. The molecule has 0 aliphatic heterocycles. The normalized spacial score (nSPS) is 9.94. The summed E-state index contributed by atoms with van der Waals surface area (Å²) in [7, 11) is 0. The predicted molar refractivity (Wildman–Crippen MR) is 64.6 cm³/mol. The minimum Gasteiger partial charge on any atom is -0.248 e. The SMILES string of the molecule is Cc1cc(C)nc(Sc2ccc(C#N)cn2)n1. The van der Waals surface area contributed by atoms with Gasteiger partial charge in [0.15, 0.2) is 5.16 Å². The number of aryl methyl sites for hydroxylation is 2. The van der Waals surface area contributed by atoms with Crippen LogP contribution in [0, 0.1) is 25.2 Å². The van der Waals surface area contributed by atoms with E-state index in [0.29, 0.717) is 10.7 Å². The molecule has 0 N–H and O–H groups in total. The summed E-state index contributed by atoms with van der Waals surface area (Å²) in [5.74, 6) is 0. The number of hydrogen-bond acceptors (Lipinski definition) is 5. The Morgan fingerprint density at radius 2 is 1.88 bits per heavy atom. The summed E-state index contributed by atoms with van der Waals surface area (Å²) >= 11 is 1.39. The van der Waals surface area contributed by atoms with Crippen molar-refractivity contribution in [1.82, 2.24) is 15.0 Å². The zero-order chi connectivity index (χ0) is 12.3. The van der Waals surface area contributed by atoms with Gasteiger partial charge in [-0.05, 0) is 43.8 Å². The van der Waals surface area contributed by atoms with Crippen molar-refractivity contribution in [3.63, 3.8) is 0 Å². The van der Waals surface area contributed by atoms with Crippen LogP contribution >= 0.6 is 11.8 Å². The summed E-state index contributed by atoms with van der Waals surface area (Å²) in [6, 6.07) is 7.49. The van der Waals surface area contributed by atoms with Gasteiger partial charge in [0.05, 0.1) is 5.56 Å². The molecule has 0 bridgehead atoms. The minimum absolute atomic E-state index is 0.552. The van der Waals surface area contributed by atoms with Gasteiger partial charge in [-0.2, -0.15) is 5.26 Å². The van der Waals surface area contributed by atoms with Crippen LogP contribution in [0.15, 0.2) is 34.6 Å². The Morgan fingerprint density at radius 3 is 2.41 bits per heavy atom. The van der Waals surface area contributed by atoms with Crippen molar-refractivity contribution in [3.8, 4) is 6.07 Å². The quantitative estimate of drug-likeness (QED) is 0.757. The summed E-state index contributed by atoms with van der Waals surface area (Å²) in [4.78, 5) is 12.8. The third kappa shape index (κ3) is 3.02. The summed E-state index contributed by atoms with van der Waals surface area (Å²) in [6.07, 6.45) is 1.55. The Labute approximate surface area is 104 Å². The molecule has 0 radical (unpaired) electrons. The molecule has 0 atom stereocenters. The Hall–Kier alpha value is -1.93. The number of pyridine rings is 1. The second-order valence-corrected chi connectivity index (χ2v) is 4.52. The smallest absolute Gasteiger partial charge is 0.194 e. The number of rotatable bonds is 2. The highest BCUT2D eigenvalue weighted by Crippen LogP contribution is 2.22. The zero-order valence-corrected chi connectivity index (χ0v) is 10.3. The molecule has 17 heavy (non-hydrogen) atoms. The van der Waals surface area contributed by atoms with Crippen molar-refractivity contribution in [2.24, 2.45) is 0 Å². The molecular weight excluding hydrogens is 232 g/mol. The van der Waals surface area contributed by atoms with E-state index in [1.807, 2.05) is 26.0 Å². The van der Waals surface area contributed by atoms with E-state index in [2.05, 4.69) is 15.0 Å². The standard InChI is InChI=1S/C12H10N4S/c1-8-5-9(2)16-12(15-8)17-11-4-3-10(6-13)7-14-11/h3-5,7H,1-2H3. The molecule has 0 amide bonds. The highest BCUT2D eigenvalue weighted by molar-refractivity contribution is 7.99. The molecular formula is C12H10N4S. The average Bonchev–Trinajstić information content (AvgIpc) is 2.28. The summed E-state index contributed by atoms with van der Waals surface area (Å²) in [5.41, 5.74) is 2.43. The minimum atomic E-state index is 0.552. The Kier molecular flexibility index (Phi) is 3.35. The van der Waals surface area contributed by atoms with Gasteiger partial charge in [-0.25, -0.2) is 15.0 Å². The van der Waals surface area contributed by atoms with Crippen molar-refractivity contribution in [2.75, 3.05) is 0 Å². The van der Waals surface area contributed by atoms with Crippen LogP contribution in [0.4, 0.5) is 0 Å². The van der Waals surface area contributed by atoms with Crippen LogP contribution in [-0.2, 0) is 0 Å². The van der Waals surface area contributed by atoms with Gasteiger partial charge < -0.3 is 0 Å². The van der Waals surface area contributed by atoms with Gasteiger partial charge in [0.2, 0.25) is 0 Å². The lowest BCUT2D eigenvalue weighted by molar-refractivity contribution is 0.899. The molecule has 0 aliphatic carbocycles. The van der Waals surface area contributed by atoms with E-state index in [4.69, 9.17) is 5.26 Å². The third-order valence-corrected chi connectivity index (χ3v) is 2.84. The van der Waals surface area contributed by atoms with Crippen molar-refractivity contribution < 1.29 is 0 Å². The fourth-order valence-corrected chi connectivity index (χ4v) is 2.15. The lowest BCUT2D eigenvalue weighted by Gasteiger charge is -2.02. The summed E-state index contributed by atoms with van der Waals surface area (Å²) in [6.45, 7) is 3.87. The van der Waals surface area contributed by atoms with E-state index in [1.54, 1.807) is 18.3 Å². The highest BCUT2D eigenvalue weighted by atomic mass is 32.2. The van der Waals surface area contributed by atoms with E-state index < -0.39 is 0 Å². The molecule has 2 heterocycles. The van der Waals surface area contributed by atoms with Gasteiger partial charge >= 0.3 is 0 Å². The van der Waals surface area contributed by atoms with Crippen molar-refractivity contribution in [1.29, 1.82) is 5.26 Å². The maximum Gasteiger partial charge on any atom is 0.194 e. The monoisotopic (exact) mass is 242 g/mol. The lowest BCUT2D eigenvalue weighted by atomic mass is 10.3. The number of nitriles is 1. The molecule has 2 aromatic rings. The first-order chi connectivity index (χ1) is 8.17. The maximum absolute atomic E-state index is 8.67. The molecule has 0 saturated carbocycles. The van der Waals surface area contributed by atoms with Gasteiger partial charge in [-0.1, -0.05) is 0 Å². The van der Waals surface area contributed by atoms with Crippen LogP contribution in [0.25, 0.3) is 0 Å². The Morgan fingerprint density at radius 1 is 1.18 bits per heavy atom. The van der Waals surface area contributed by atoms with Gasteiger partial charge in [0.25, 0.3) is 0 Å². The van der Waals surface area contributed by atoms with Crippen LogP contribution in [-0.4, -0.2) is 15.0 Å². The van der Waals surface area contributed by atoms with Crippen LogP contribution in [0.5, 0.6) is 0 Å². The van der Waals surface area contributed by atoms with Crippen LogP contribution < -0.4 is 0 Å². The van der Waals surface area contributed by atoms with Crippen molar-refractivity contribution in [3.05, 3.63) is 41.3 Å². The summed E-state index contributed by atoms with van der Waals surface area (Å²) in [5, 5.41) is 10.1. The van der Waals surface area contributed by atoms with Gasteiger partial charge in [-0.3, -0.25) is 0 Å². The van der Waals surface area contributed by atoms with E-state index in [-0.39, 0.29) is 0 Å². The number of aromatic nitrogens is 3. The van der Waals surface area contributed by atoms with Crippen LogP contribution in [0.2, 0.25) is 0 Å².